The molecule has 0 atom stereocenters. The Morgan fingerprint density at radius 2 is 1.68 bits per heavy atom. The predicted octanol–water partition coefficient (Wildman–Crippen LogP) is 5.50. The van der Waals surface area contributed by atoms with Crippen molar-refractivity contribution in [2.24, 2.45) is 0 Å². The smallest absolute Gasteiger partial charge is 0.371 e. The first kappa shape index (κ1) is 18.2. The Labute approximate surface area is 153 Å². The molecule has 1 fully saturated rings. The third-order valence-corrected chi connectivity index (χ3v) is 5.18. The average molecular weight is 414 g/mol. The van der Waals surface area contributed by atoms with Crippen molar-refractivity contribution >= 4 is 27.8 Å². The highest BCUT2D eigenvalue weighted by Crippen LogP contribution is 2.39. The van der Waals surface area contributed by atoms with Crippen molar-refractivity contribution in [1.82, 2.24) is 4.90 Å². The molecule has 0 saturated carbocycles. The van der Waals surface area contributed by atoms with Gasteiger partial charge in [0, 0.05) is 28.8 Å². The summed E-state index contributed by atoms with van der Waals surface area (Å²) in [4.78, 5) is 13.9. The first-order valence-corrected chi connectivity index (χ1v) is 9.21. The van der Waals surface area contributed by atoms with Crippen LogP contribution in [0.5, 0.6) is 0 Å². The Morgan fingerprint density at radius 1 is 1.04 bits per heavy atom. The minimum absolute atomic E-state index is 0.0715. The number of nitrogens with zero attached hydrogens (tertiary/aromatic N) is 1. The molecule has 0 spiro atoms. The number of allylic oxidation sites excluding steroid dienone is 2. The molecule has 0 N–H and O–H groups in total. The van der Waals surface area contributed by atoms with Crippen molar-refractivity contribution in [2.45, 2.75) is 38.3 Å². The molecular weight excluding hydrogens is 395 g/mol. The average Bonchev–Trinajstić information content (AvgIpc) is 2.99. The number of Topliss-reactive ketones (excluding diaryl/α,β-unsaturated/α-hetero) is 1. The van der Waals surface area contributed by atoms with Crippen LogP contribution in [0.25, 0.3) is 6.08 Å². The van der Waals surface area contributed by atoms with Gasteiger partial charge in [0.15, 0.2) is 0 Å². The summed E-state index contributed by atoms with van der Waals surface area (Å²) in [5.41, 5.74) is 2.20. The maximum atomic E-state index is 13.0. The van der Waals surface area contributed by atoms with E-state index in [9.17, 15) is 18.0 Å². The monoisotopic (exact) mass is 413 g/mol. The Kier molecular flexibility index (Phi) is 5.37. The highest BCUT2D eigenvalue weighted by molar-refractivity contribution is 9.10. The molecule has 1 aromatic rings. The molecule has 1 aromatic carbocycles. The number of hydrogen-bond acceptors (Lipinski definition) is 2. The van der Waals surface area contributed by atoms with Gasteiger partial charge in [-0.1, -0.05) is 28.1 Å². The molecular formula is C19H19BrF3NO. The quantitative estimate of drug-likeness (QED) is 0.651. The molecule has 0 amide bonds. The minimum atomic E-state index is -4.82. The molecule has 1 aliphatic heterocycles. The summed E-state index contributed by atoms with van der Waals surface area (Å²) in [6.45, 7) is 1.42. The number of halogens is 4. The van der Waals surface area contributed by atoms with Crippen LogP contribution in [0.3, 0.4) is 0 Å². The molecule has 1 saturated heterocycles. The van der Waals surface area contributed by atoms with Crippen molar-refractivity contribution in [1.29, 1.82) is 0 Å². The predicted molar refractivity (Wildman–Crippen MR) is 94.9 cm³/mol. The molecule has 6 heteroatoms. The van der Waals surface area contributed by atoms with Crippen molar-refractivity contribution in [3.05, 3.63) is 51.1 Å². The van der Waals surface area contributed by atoms with Gasteiger partial charge in [-0.15, -0.1) is 0 Å². The number of carbonyl (C=O) groups excluding carboxylic acids is 1. The lowest BCUT2D eigenvalue weighted by Crippen LogP contribution is -2.32. The summed E-state index contributed by atoms with van der Waals surface area (Å²) in [6.07, 6.45) is 0.700. The Balaban J connectivity index is 2.01. The van der Waals surface area contributed by atoms with Crippen LogP contribution in [0.15, 0.2) is 45.6 Å². The van der Waals surface area contributed by atoms with Gasteiger partial charge in [0.1, 0.15) is 0 Å². The second-order valence-electron chi connectivity index (χ2n) is 6.42. The lowest BCUT2D eigenvalue weighted by Gasteiger charge is -2.31. The van der Waals surface area contributed by atoms with E-state index in [0.717, 1.165) is 34.9 Å². The number of alkyl halides is 3. The standard InChI is InChI=1S/C19H19BrF3NO/c20-15-7-4-13(5-8-15)12-14-6-9-16(18(25)19(21,22)23)17(14)24-10-2-1-3-11-24/h4-5,7-8,12H,1-3,6,9-11H2. The van der Waals surface area contributed by atoms with E-state index in [-0.39, 0.29) is 12.0 Å². The molecule has 0 bridgehead atoms. The van der Waals surface area contributed by atoms with E-state index < -0.39 is 12.0 Å². The summed E-state index contributed by atoms with van der Waals surface area (Å²) in [5.74, 6) is -1.69. The van der Waals surface area contributed by atoms with E-state index in [0.29, 0.717) is 25.2 Å². The van der Waals surface area contributed by atoms with Gasteiger partial charge >= 0.3 is 6.18 Å². The fourth-order valence-corrected chi connectivity index (χ4v) is 3.76. The van der Waals surface area contributed by atoms with E-state index in [2.05, 4.69) is 15.9 Å². The SMILES string of the molecule is O=C(C1=C(N2CCCCC2)C(=Cc2ccc(Br)cc2)CC1)C(F)(F)F. The summed E-state index contributed by atoms with van der Waals surface area (Å²) in [5, 5.41) is 0. The highest BCUT2D eigenvalue weighted by atomic mass is 79.9. The highest BCUT2D eigenvalue weighted by Gasteiger charge is 2.44. The van der Waals surface area contributed by atoms with Crippen LogP contribution in [0.2, 0.25) is 0 Å². The summed E-state index contributed by atoms with van der Waals surface area (Å²) in [6, 6.07) is 7.61. The van der Waals surface area contributed by atoms with Gasteiger partial charge in [-0.05, 0) is 61.4 Å². The van der Waals surface area contributed by atoms with E-state index in [1.807, 2.05) is 35.2 Å². The zero-order valence-corrected chi connectivity index (χ0v) is 15.3. The molecule has 0 unspecified atom stereocenters. The van der Waals surface area contributed by atoms with Crippen molar-refractivity contribution in [3.63, 3.8) is 0 Å². The molecule has 0 radical (unpaired) electrons. The molecule has 1 heterocycles. The molecule has 2 aliphatic rings. The fraction of sp³-hybridized carbons (Fsp3) is 0.421. The van der Waals surface area contributed by atoms with E-state index >= 15 is 0 Å². The van der Waals surface area contributed by atoms with E-state index in [1.165, 1.54) is 0 Å². The van der Waals surface area contributed by atoms with Crippen LogP contribution in [0.4, 0.5) is 13.2 Å². The Morgan fingerprint density at radius 3 is 2.28 bits per heavy atom. The third kappa shape index (κ3) is 4.17. The number of carbonyl (C=O) groups is 1. The topological polar surface area (TPSA) is 20.3 Å². The number of piperidine rings is 1. The van der Waals surface area contributed by atoms with Crippen LogP contribution in [-0.4, -0.2) is 29.9 Å². The van der Waals surface area contributed by atoms with E-state index in [4.69, 9.17) is 0 Å². The van der Waals surface area contributed by atoms with Gasteiger partial charge in [0.25, 0.3) is 5.78 Å². The van der Waals surface area contributed by atoms with Crippen LogP contribution < -0.4 is 0 Å². The van der Waals surface area contributed by atoms with Crippen LogP contribution in [-0.2, 0) is 4.79 Å². The van der Waals surface area contributed by atoms with Crippen molar-refractivity contribution < 1.29 is 18.0 Å². The number of likely N-dealkylation sites (tertiary alicyclic amines) is 1. The first-order valence-electron chi connectivity index (χ1n) is 8.42. The first-order chi connectivity index (χ1) is 11.9. The summed E-state index contributed by atoms with van der Waals surface area (Å²) >= 11 is 3.38. The summed E-state index contributed by atoms with van der Waals surface area (Å²) in [7, 11) is 0. The molecule has 0 aromatic heterocycles. The number of rotatable bonds is 3. The zero-order valence-electron chi connectivity index (χ0n) is 13.7. The third-order valence-electron chi connectivity index (χ3n) is 4.65. The lowest BCUT2D eigenvalue weighted by molar-refractivity contribution is -0.166. The van der Waals surface area contributed by atoms with Gasteiger partial charge < -0.3 is 4.90 Å². The molecule has 1 aliphatic carbocycles. The second kappa shape index (κ2) is 7.36. The molecule has 3 rings (SSSR count). The van der Waals surface area contributed by atoms with E-state index in [1.54, 1.807) is 0 Å². The largest absolute Gasteiger partial charge is 0.454 e. The van der Waals surface area contributed by atoms with Gasteiger partial charge in [0.2, 0.25) is 0 Å². The number of ketones is 1. The van der Waals surface area contributed by atoms with Crippen LogP contribution in [0.1, 0.15) is 37.7 Å². The van der Waals surface area contributed by atoms with Gasteiger partial charge in [0.05, 0.1) is 0 Å². The van der Waals surface area contributed by atoms with Gasteiger partial charge in [-0.3, -0.25) is 4.79 Å². The van der Waals surface area contributed by atoms with Crippen LogP contribution in [0, 0.1) is 0 Å². The lowest BCUT2D eigenvalue weighted by atomic mass is 10.0. The van der Waals surface area contributed by atoms with Crippen molar-refractivity contribution in [2.75, 3.05) is 13.1 Å². The fourth-order valence-electron chi connectivity index (χ4n) is 3.49. The van der Waals surface area contributed by atoms with Crippen molar-refractivity contribution in [3.8, 4) is 0 Å². The maximum Gasteiger partial charge on any atom is 0.454 e. The molecule has 134 valence electrons. The zero-order chi connectivity index (χ0) is 18.0. The molecule has 2 nitrogen and oxygen atoms in total. The maximum absolute atomic E-state index is 13.0. The number of benzene rings is 1. The summed E-state index contributed by atoms with van der Waals surface area (Å²) < 4.78 is 40.0. The Hall–Kier alpha value is -1.56. The molecule has 25 heavy (non-hydrogen) atoms. The normalized spacial score (nSPS) is 20.5. The number of hydrogen-bond donors (Lipinski definition) is 0. The van der Waals surface area contributed by atoms with Gasteiger partial charge in [-0.25, -0.2) is 0 Å². The van der Waals surface area contributed by atoms with Crippen LogP contribution >= 0.6 is 15.9 Å². The minimum Gasteiger partial charge on any atom is -0.371 e. The second-order valence-corrected chi connectivity index (χ2v) is 7.34. The van der Waals surface area contributed by atoms with Gasteiger partial charge in [-0.2, -0.15) is 13.2 Å². The Bertz CT molecular complexity index is 713.